The lowest BCUT2D eigenvalue weighted by atomic mass is 10.7. The molecule has 0 saturated heterocycles. The maximum Gasteiger partial charge on any atom is 1.00 e. The highest BCUT2D eigenvalue weighted by atomic mass is 28.1. The zero-order valence-corrected chi connectivity index (χ0v) is 4.10. The molecule has 0 aromatic heterocycles. The molecular weight excluding hydrogens is 96.1 g/mol. The van der Waals surface area contributed by atoms with Gasteiger partial charge in [-0.1, -0.05) is 6.58 Å². The van der Waals surface area contributed by atoms with E-state index in [1.165, 1.54) is 0 Å². The van der Waals surface area contributed by atoms with Crippen LogP contribution in [0.1, 0.15) is 0 Å². The second-order valence-electron chi connectivity index (χ2n) is 0.523. The molecule has 0 aromatic carbocycles. The fourth-order valence-electron chi connectivity index (χ4n) is 0. The topological polar surface area (TPSA) is 40.1 Å². The smallest absolute Gasteiger partial charge is 0.545 e. The van der Waals surface area contributed by atoms with E-state index in [2.05, 4.69) is 6.58 Å². The average Bonchev–Trinajstić information content (AvgIpc) is 1.38. The van der Waals surface area contributed by atoms with E-state index in [1.54, 1.807) is 0 Å². The number of carbonyl (C=O) groups excluding carboxylic acids is 1. The Hall–Kier alpha value is -0.573. The van der Waals surface area contributed by atoms with Crippen molar-refractivity contribution in [2.45, 2.75) is 0 Å². The fourth-order valence-corrected chi connectivity index (χ4v) is 0. The lowest BCUT2D eigenvalue weighted by Gasteiger charge is -1.81. The van der Waals surface area contributed by atoms with E-state index in [4.69, 9.17) is 9.90 Å². The SMILES string of the molecule is C=CC(=O)[O-].[Si+]. The van der Waals surface area contributed by atoms with E-state index in [0.29, 0.717) is 0 Å². The molecule has 0 bridgehead atoms. The van der Waals surface area contributed by atoms with Crippen molar-refractivity contribution in [3.63, 3.8) is 0 Å². The predicted molar refractivity (Wildman–Crippen MR) is 21.0 cm³/mol. The van der Waals surface area contributed by atoms with Crippen molar-refractivity contribution in [1.82, 2.24) is 0 Å². The first-order valence-corrected chi connectivity index (χ1v) is 1.11. The number of carboxylic acid groups (broad SMARTS) is 1. The molecule has 0 spiro atoms. The van der Waals surface area contributed by atoms with Crippen molar-refractivity contribution < 1.29 is 9.90 Å². The minimum atomic E-state index is -1.23. The van der Waals surface area contributed by atoms with E-state index >= 15 is 0 Å². The van der Waals surface area contributed by atoms with Crippen LogP contribution in [-0.2, 0) is 4.79 Å². The summed E-state index contributed by atoms with van der Waals surface area (Å²) in [6.07, 6.45) is 0.722. The highest BCUT2D eigenvalue weighted by Crippen LogP contribution is 1.47. The first-order chi connectivity index (χ1) is 2.27. The van der Waals surface area contributed by atoms with Crippen LogP contribution in [0.2, 0.25) is 0 Å². The number of rotatable bonds is 1. The molecule has 0 saturated carbocycles. The molecule has 0 amide bonds. The quantitative estimate of drug-likeness (QED) is 0.298. The Labute approximate surface area is 40.5 Å². The normalized spacial score (nSPS) is 5.33. The summed E-state index contributed by atoms with van der Waals surface area (Å²) in [5.41, 5.74) is 0. The largest absolute Gasteiger partial charge is 1.00 e. The van der Waals surface area contributed by atoms with E-state index in [0.717, 1.165) is 6.08 Å². The summed E-state index contributed by atoms with van der Waals surface area (Å²) < 4.78 is 0. The van der Waals surface area contributed by atoms with Gasteiger partial charge in [0, 0.05) is 0 Å². The molecule has 31 valence electrons. The van der Waals surface area contributed by atoms with Gasteiger partial charge in [0.1, 0.15) is 0 Å². The summed E-state index contributed by atoms with van der Waals surface area (Å²) in [6.45, 7) is 2.90. The average molecular weight is 99.1 g/mol. The van der Waals surface area contributed by atoms with E-state index in [-0.39, 0.29) is 11.0 Å². The van der Waals surface area contributed by atoms with Gasteiger partial charge in [0.05, 0.1) is 5.97 Å². The van der Waals surface area contributed by atoms with Crippen molar-refractivity contribution in [3.05, 3.63) is 12.7 Å². The Kier molecular flexibility index (Phi) is 6.68. The number of carbonyl (C=O) groups is 1. The van der Waals surface area contributed by atoms with Gasteiger partial charge < -0.3 is 9.90 Å². The van der Waals surface area contributed by atoms with Crippen molar-refractivity contribution in [3.8, 4) is 0 Å². The maximum atomic E-state index is 9.14. The fraction of sp³-hybridized carbons (Fsp3) is 0. The van der Waals surface area contributed by atoms with Crippen LogP contribution >= 0.6 is 0 Å². The van der Waals surface area contributed by atoms with Gasteiger partial charge in [-0.05, 0) is 6.08 Å². The number of carboxylic acids is 1. The predicted octanol–water partition coefficient (Wildman–Crippen LogP) is -1.46. The van der Waals surface area contributed by atoms with Gasteiger partial charge in [0.25, 0.3) is 0 Å². The first kappa shape index (κ1) is 9.06. The van der Waals surface area contributed by atoms with Crippen molar-refractivity contribution >= 4 is 16.9 Å². The van der Waals surface area contributed by atoms with Gasteiger partial charge >= 0.3 is 11.0 Å². The molecule has 0 unspecified atom stereocenters. The Balaban J connectivity index is 0. The monoisotopic (exact) mass is 99.0 g/mol. The van der Waals surface area contributed by atoms with Crippen LogP contribution in [0.5, 0.6) is 0 Å². The molecule has 3 heteroatoms. The van der Waals surface area contributed by atoms with Crippen LogP contribution in [0.4, 0.5) is 0 Å². The third kappa shape index (κ3) is 9.91. The Morgan fingerprint density at radius 2 is 2.00 bits per heavy atom. The van der Waals surface area contributed by atoms with Crippen LogP contribution in [0.15, 0.2) is 12.7 Å². The van der Waals surface area contributed by atoms with Crippen molar-refractivity contribution in [1.29, 1.82) is 0 Å². The second kappa shape index (κ2) is 4.43. The second-order valence-corrected chi connectivity index (χ2v) is 0.523. The minimum absolute atomic E-state index is 0. The highest BCUT2D eigenvalue weighted by Gasteiger charge is 1.55. The first-order valence-electron chi connectivity index (χ1n) is 1.11. The van der Waals surface area contributed by atoms with Crippen molar-refractivity contribution in [2.75, 3.05) is 0 Å². The van der Waals surface area contributed by atoms with E-state index in [1.807, 2.05) is 0 Å². The molecule has 0 rings (SSSR count). The van der Waals surface area contributed by atoms with Gasteiger partial charge in [-0.2, -0.15) is 0 Å². The molecule has 0 aromatic rings. The van der Waals surface area contributed by atoms with Crippen molar-refractivity contribution in [2.24, 2.45) is 0 Å². The lowest BCUT2D eigenvalue weighted by molar-refractivity contribution is -0.297. The molecule has 0 heterocycles. The zero-order valence-electron chi connectivity index (χ0n) is 3.10. The molecule has 0 aliphatic carbocycles. The molecule has 0 fully saturated rings. The van der Waals surface area contributed by atoms with Gasteiger partial charge in [-0.3, -0.25) is 0 Å². The van der Waals surface area contributed by atoms with Gasteiger partial charge in [0.2, 0.25) is 0 Å². The summed E-state index contributed by atoms with van der Waals surface area (Å²) in [4.78, 5) is 9.14. The number of hydrogen-bond acceptors (Lipinski definition) is 2. The van der Waals surface area contributed by atoms with Crippen LogP contribution in [0.3, 0.4) is 0 Å². The molecule has 0 aliphatic rings. The maximum absolute atomic E-state index is 9.14. The summed E-state index contributed by atoms with van der Waals surface area (Å²) in [7, 11) is 0. The molecule has 0 aliphatic heterocycles. The summed E-state index contributed by atoms with van der Waals surface area (Å²) >= 11 is 0. The van der Waals surface area contributed by atoms with Crippen LogP contribution in [0, 0.1) is 0 Å². The van der Waals surface area contributed by atoms with Crippen LogP contribution < -0.4 is 5.11 Å². The Morgan fingerprint density at radius 3 is 2.00 bits per heavy atom. The Bertz CT molecular complexity index is 59.8. The molecule has 3 radical (unpaired) electrons. The zero-order chi connectivity index (χ0) is 4.28. The number of aliphatic carboxylic acids is 1. The molecule has 0 atom stereocenters. The molecule has 0 N–H and O–H groups in total. The van der Waals surface area contributed by atoms with E-state index in [9.17, 15) is 0 Å². The molecular formula is C3H3O2Si. The summed E-state index contributed by atoms with van der Waals surface area (Å²) in [6, 6.07) is 0. The van der Waals surface area contributed by atoms with Gasteiger partial charge in [0.15, 0.2) is 0 Å². The molecule has 2 nitrogen and oxygen atoms in total. The van der Waals surface area contributed by atoms with Crippen LogP contribution in [-0.4, -0.2) is 16.9 Å². The van der Waals surface area contributed by atoms with Crippen LogP contribution in [0.25, 0.3) is 0 Å². The lowest BCUT2D eigenvalue weighted by Crippen LogP contribution is -2.17. The standard InChI is InChI=1S/C3H4O2.Si/c1-2-3(4)5;/h2H,1H2,(H,4,5);/q;+1/p-1. The summed E-state index contributed by atoms with van der Waals surface area (Å²) in [5, 5.41) is 9.14. The third-order valence-corrected chi connectivity index (χ3v) is 0.167. The minimum Gasteiger partial charge on any atom is -0.545 e. The summed E-state index contributed by atoms with van der Waals surface area (Å²) in [5.74, 6) is -1.23. The van der Waals surface area contributed by atoms with E-state index < -0.39 is 5.97 Å². The van der Waals surface area contributed by atoms with Gasteiger partial charge in [-0.25, -0.2) is 0 Å². The Morgan fingerprint density at radius 1 is 1.83 bits per heavy atom. The number of hydrogen-bond donors (Lipinski definition) is 0. The molecule has 6 heavy (non-hydrogen) atoms. The van der Waals surface area contributed by atoms with Gasteiger partial charge in [-0.15, -0.1) is 0 Å². The highest BCUT2D eigenvalue weighted by molar-refractivity contribution is 5.76. The third-order valence-electron chi connectivity index (χ3n) is 0.167.